The number of hydrogen-bond acceptors (Lipinski definition) is 2. The van der Waals surface area contributed by atoms with Crippen LogP contribution in [0.5, 0.6) is 0 Å². The zero-order chi connectivity index (χ0) is 11.4. The van der Waals surface area contributed by atoms with Crippen LogP contribution in [-0.2, 0) is 0 Å². The predicted octanol–water partition coefficient (Wildman–Crippen LogP) is 2.81. The van der Waals surface area contributed by atoms with Crippen molar-refractivity contribution in [3.8, 4) is 0 Å². The highest BCUT2D eigenvalue weighted by molar-refractivity contribution is 5.20. The van der Waals surface area contributed by atoms with E-state index < -0.39 is 11.7 Å². The average molecular weight is 220 g/mol. The molecule has 0 radical (unpaired) electrons. The molecule has 1 aromatic rings. The number of benzene rings is 1. The van der Waals surface area contributed by atoms with Gasteiger partial charge in [0.2, 0.25) is 0 Å². The highest BCUT2D eigenvalue weighted by Gasteiger charge is 2.36. The Balaban J connectivity index is 2.15. The fraction of sp³-hybridized carbons (Fsp3) is 0.571. The first-order valence-corrected chi connectivity index (χ1v) is 6.18. The topological polar surface area (TPSA) is 40.5 Å². The third-order valence-corrected chi connectivity index (χ3v) is 3.59. The molecular weight excluding hydrogens is 200 g/mol. The van der Waals surface area contributed by atoms with Gasteiger partial charge in [-0.3, -0.25) is 0 Å². The van der Waals surface area contributed by atoms with E-state index in [1.807, 2.05) is 30.3 Å². The summed E-state index contributed by atoms with van der Waals surface area (Å²) in [5.41, 5.74) is -0.0930. The molecule has 1 aliphatic rings. The summed E-state index contributed by atoms with van der Waals surface area (Å²) >= 11 is 0. The summed E-state index contributed by atoms with van der Waals surface area (Å²) in [5.74, 6) is 0. The molecule has 0 aliphatic heterocycles. The van der Waals surface area contributed by atoms with E-state index in [-0.39, 0.29) is 0 Å². The molecule has 0 spiro atoms. The van der Waals surface area contributed by atoms with Crippen LogP contribution in [0.25, 0.3) is 0 Å². The Labute approximate surface area is 96.9 Å². The molecule has 1 atom stereocenters. The Morgan fingerprint density at radius 3 is 2.06 bits per heavy atom. The van der Waals surface area contributed by atoms with Gasteiger partial charge in [-0.05, 0) is 18.4 Å². The third-order valence-electron chi connectivity index (χ3n) is 3.59. The number of aliphatic hydroxyl groups excluding tert-OH is 1. The molecule has 1 aromatic carbocycles. The van der Waals surface area contributed by atoms with E-state index in [1.165, 1.54) is 12.8 Å². The van der Waals surface area contributed by atoms with Crippen molar-refractivity contribution in [1.82, 2.24) is 0 Å². The van der Waals surface area contributed by atoms with Gasteiger partial charge in [-0.25, -0.2) is 0 Å². The maximum atomic E-state index is 10.5. The zero-order valence-corrected chi connectivity index (χ0v) is 9.60. The van der Waals surface area contributed by atoms with E-state index in [0.717, 1.165) is 18.4 Å². The Morgan fingerprint density at radius 1 is 0.938 bits per heavy atom. The van der Waals surface area contributed by atoms with Crippen LogP contribution in [0.2, 0.25) is 0 Å². The van der Waals surface area contributed by atoms with E-state index >= 15 is 0 Å². The molecule has 2 nitrogen and oxygen atoms in total. The lowest BCUT2D eigenvalue weighted by Crippen LogP contribution is -2.35. The second-order valence-electron chi connectivity index (χ2n) is 4.83. The lowest BCUT2D eigenvalue weighted by Gasteiger charge is -2.32. The molecule has 2 heteroatoms. The first-order valence-electron chi connectivity index (χ1n) is 6.18. The molecule has 88 valence electrons. The van der Waals surface area contributed by atoms with Crippen LogP contribution in [0, 0.1) is 0 Å². The van der Waals surface area contributed by atoms with Crippen LogP contribution >= 0.6 is 0 Å². The van der Waals surface area contributed by atoms with Crippen molar-refractivity contribution in [3.63, 3.8) is 0 Å². The van der Waals surface area contributed by atoms with E-state index in [1.54, 1.807) is 0 Å². The van der Waals surface area contributed by atoms with Crippen molar-refractivity contribution < 1.29 is 10.2 Å². The Hall–Kier alpha value is -0.860. The maximum absolute atomic E-state index is 10.5. The summed E-state index contributed by atoms with van der Waals surface area (Å²) < 4.78 is 0. The minimum Gasteiger partial charge on any atom is -0.387 e. The normalized spacial score (nSPS) is 22.4. The lowest BCUT2D eigenvalue weighted by atomic mass is 9.85. The van der Waals surface area contributed by atoms with Gasteiger partial charge in [-0.15, -0.1) is 0 Å². The zero-order valence-electron chi connectivity index (χ0n) is 9.60. The summed E-state index contributed by atoms with van der Waals surface area (Å²) in [7, 11) is 0. The summed E-state index contributed by atoms with van der Waals surface area (Å²) in [6.45, 7) is 0. The van der Waals surface area contributed by atoms with Crippen LogP contribution in [0.15, 0.2) is 30.3 Å². The van der Waals surface area contributed by atoms with Crippen molar-refractivity contribution in [2.24, 2.45) is 0 Å². The van der Waals surface area contributed by atoms with Crippen molar-refractivity contribution in [3.05, 3.63) is 35.9 Å². The van der Waals surface area contributed by atoms with E-state index in [4.69, 9.17) is 0 Å². The molecule has 2 rings (SSSR count). The van der Waals surface area contributed by atoms with Crippen molar-refractivity contribution in [1.29, 1.82) is 0 Å². The Bertz CT molecular complexity index is 313. The highest BCUT2D eigenvalue weighted by atomic mass is 16.3. The highest BCUT2D eigenvalue weighted by Crippen LogP contribution is 2.37. The van der Waals surface area contributed by atoms with Crippen LogP contribution < -0.4 is 0 Å². The van der Waals surface area contributed by atoms with Gasteiger partial charge in [0.1, 0.15) is 6.10 Å². The molecule has 16 heavy (non-hydrogen) atoms. The molecule has 0 amide bonds. The number of hydrogen-bond donors (Lipinski definition) is 2. The van der Waals surface area contributed by atoms with Gasteiger partial charge >= 0.3 is 0 Å². The Kier molecular flexibility index (Phi) is 3.62. The van der Waals surface area contributed by atoms with Crippen molar-refractivity contribution >= 4 is 0 Å². The number of aliphatic hydroxyl groups is 2. The van der Waals surface area contributed by atoms with Gasteiger partial charge < -0.3 is 10.2 Å². The average Bonchev–Trinajstić information content (AvgIpc) is 2.55. The van der Waals surface area contributed by atoms with Crippen LogP contribution in [0.1, 0.15) is 50.2 Å². The van der Waals surface area contributed by atoms with Crippen LogP contribution in [0.3, 0.4) is 0 Å². The molecular formula is C14H20O2. The Morgan fingerprint density at radius 2 is 1.50 bits per heavy atom. The van der Waals surface area contributed by atoms with Crippen molar-refractivity contribution in [2.75, 3.05) is 0 Å². The molecule has 1 fully saturated rings. The minimum absolute atomic E-state index is 0.711. The molecule has 0 bridgehead atoms. The lowest BCUT2D eigenvalue weighted by molar-refractivity contribution is -0.0867. The van der Waals surface area contributed by atoms with E-state index in [0.29, 0.717) is 12.8 Å². The third kappa shape index (κ3) is 2.45. The molecule has 0 heterocycles. The maximum Gasteiger partial charge on any atom is 0.108 e. The second kappa shape index (κ2) is 4.98. The molecule has 0 aromatic heterocycles. The quantitative estimate of drug-likeness (QED) is 0.752. The SMILES string of the molecule is OC(c1ccccc1)C1(O)CCCCCC1. The molecule has 1 saturated carbocycles. The largest absolute Gasteiger partial charge is 0.387 e. The fourth-order valence-corrected chi connectivity index (χ4v) is 2.56. The predicted molar refractivity (Wildman–Crippen MR) is 64.1 cm³/mol. The van der Waals surface area contributed by atoms with Crippen molar-refractivity contribution in [2.45, 2.75) is 50.2 Å². The summed E-state index contributed by atoms with van der Waals surface area (Å²) in [4.78, 5) is 0. The molecule has 2 N–H and O–H groups in total. The van der Waals surface area contributed by atoms with Gasteiger partial charge in [0, 0.05) is 0 Å². The summed E-state index contributed by atoms with van der Waals surface area (Å²) in [5, 5.41) is 20.8. The van der Waals surface area contributed by atoms with E-state index in [2.05, 4.69) is 0 Å². The van der Waals surface area contributed by atoms with E-state index in [9.17, 15) is 10.2 Å². The van der Waals surface area contributed by atoms with Gasteiger partial charge in [0.05, 0.1) is 5.60 Å². The molecule has 1 unspecified atom stereocenters. The molecule has 1 aliphatic carbocycles. The smallest absolute Gasteiger partial charge is 0.108 e. The fourth-order valence-electron chi connectivity index (χ4n) is 2.56. The van der Waals surface area contributed by atoms with Crippen LogP contribution in [-0.4, -0.2) is 15.8 Å². The summed E-state index contributed by atoms with van der Waals surface area (Å²) in [6, 6.07) is 9.49. The first-order chi connectivity index (χ1) is 7.72. The van der Waals surface area contributed by atoms with Gasteiger partial charge in [0.15, 0.2) is 0 Å². The number of rotatable bonds is 2. The van der Waals surface area contributed by atoms with Gasteiger partial charge in [-0.2, -0.15) is 0 Å². The van der Waals surface area contributed by atoms with Crippen LogP contribution in [0.4, 0.5) is 0 Å². The molecule has 0 saturated heterocycles. The second-order valence-corrected chi connectivity index (χ2v) is 4.83. The first kappa shape index (κ1) is 11.6. The standard InChI is InChI=1S/C14H20O2/c15-13(12-8-4-3-5-9-12)14(16)10-6-1-2-7-11-14/h3-5,8-9,13,15-16H,1-2,6-7,10-11H2. The minimum atomic E-state index is -0.919. The van der Waals surface area contributed by atoms with Gasteiger partial charge in [0.25, 0.3) is 0 Å². The van der Waals surface area contributed by atoms with Gasteiger partial charge in [-0.1, -0.05) is 56.0 Å². The monoisotopic (exact) mass is 220 g/mol. The summed E-state index contributed by atoms with van der Waals surface area (Å²) in [6.07, 6.45) is 5.05.